The van der Waals surface area contributed by atoms with E-state index < -0.39 is 20.5 Å². The molecule has 2 N–H and O–H groups in total. The number of hydrogen-bond donors (Lipinski definition) is 2. The smallest absolute Gasteiger partial charge is 0.463 e. The molecule has 33 heavy (non-hydrogen) atoms. The Morgan fingerprint density at radius 2 is 1.58 bits per heavy atom. The first-order valence-electron chi connectivity index (χ1n) is 12.1. The molecule has 194 valence electrons. The quantitative estimate of drug-likeness (QED) is 0.0783. The lowest BCUT2D eigenvalue weighted by atomic mass is 10.1. The van der Waals surface area contributed by atoms with Crippen molar-refractivity contribution in [1.82, 2.24) is 0 Å². The summed E-state index contributed by atoms with van der Waals surface area (Å²) in [6.45, 7) is 2.03. The number of aliphatic hydroxyl groups is 1. The number of esters is 1. The zero-order chi connectivity index (χ0) is 25.0. The largest absolute Gasteiger partial charge is 0.472 e. The third-order valence-corrected chi connectivity index (χ3v) is 5.68. The lowest BCUT2D eigenvalue weighted by Gasteiger charge is -2.24. The van der Waals surface area contributed by atoms with E-state index in [2.05, 4.69) is 31.2 Å². The van der Waals surface area contributed by atoms with Gasteiger partial charge in [0.1, 0.15) is 25.9 Å². The summed E-state index contributed by atoms with van der Waals surface area (Å²) in [5, 5.41) is 9.80. The highest BCUT2D eigenvalue weighted by Gasteiger charge is 2.24. The van der Waals surface area contributed by atoms with Gasteiger partial charge in [0.25, 0.3) is 0 Å². The molecule has 0 aliphatic carbocycles. The fraction of sp³-hybridized carbons (Fsp3) is 0.792. The molecule has 8 nitrogen and oxygen atoms in total. The third-order valence-electron chi connectivity index (χ3n) is 4.70. The van der Waals surface area contributed by atoms with Crippen molar-refractivity contribution in [1.29, 1.82) is 0 Å². The number of carbonyl (C=O) groups excluding carboxylic acids is 1. The number of unbranched alkanes of at least 4 members (excludes halogenated alkanes) is 6. The highest BCUT2D eigenvalue weighted by atomic mass is 31.2. The molecular weight excluding hydrogens is 445 g/mol. The number of phosphoric ester groups is 1. The molecule has 0 aromatic rings. The van der Waals surface area contributed by atoms with Gasteiger partial charge < -0.3 is 19.2 Å². The fourth-order valence-electron chi connectivity index (χ4n) is 2.69. The first-order chi connectivity index (χ1) is 15.6. The molecule has 0 fully saturated rings. The predicted octanol–water partition coefficient (Wildman–Crippen LogP) is 4.76. The zero-order valence-corrected chi connectivity index (χ0v) is 22.0. The van der Waals surface area contributed by atoms with Crippen molar-refractivity contribution < 1.29 is 37.6 Å². The maximum absolute atomic E-state index is 11.8. The van der Waals surface area contributed by atoms with E-state index in [1.807, 2.05) is 21.1 Å². The van der Waals surface area contributed by atoms with Crippen LogP contribution >= 0.6 is 7.82 Å². The van der Waals surface area contributed by atoms with Gasteiger partial charge in [-0.3, -0.25) is 13.8 Å². The van der Waals surface area contributed by atoms with E-state index in [-0.39, 0.29) is 19.2 Å². The second kappa shape index (κ2) is 19.3. The van der Waals surface area contributed by atoms with Gasteiger partial charge in [0.15, 0.2) is 0 Å². The fourth-order valence-corrected chi connectivity index (χ4v) is 3.44. The second-order valence-corrected chi connectivity index (χ2v) is 10.7. The van der Waals surface area contributed by atoms with Crippen LogP contribution in [0.5, 0.6) is 0 Å². The Balaban J connectivity index is 3.67. The number of aliphatic hydroxyl groups excluding tert-OH is 1. The number of rotatable bonds is 21. The Morgan fingerprint density at radius 1 is 0.939 bits per heavy atom. The van der Waals surface area contributed by atoms with Crippen molar-refractivity contribution in [3.63, 3.8) is 0 Å². The van der Waals surface area contributed by atoms with E-state index >= 15 is 0 Å². The van der Waals surface area contributed by atoms with Gasteiger partial charge >= 0.3 is 13.8 Å². The van der Waals surface area contributed by atoms with Crippen LogP contribution in [0.1, 0.15) is 71.1 Å². The molecule has 0 aliphatic rings. The number of hydrogen-bond acceptors (Lipinski definition) is 6. The van der Waals surface area contributed by atoms with E-state index in [9.17, 15) is 19.4 Å². The summed E-state index contributed by atoms with van der Waals surface area (Å²) in [6, 6.07) is 0. The highest BCUT2D eigenvalue weighted by Crippen LogP contribution is 2.43. The van der Waals surface area contributed by atoms with Crippen LogP contribution in [0.3, 0.4) is 0 Å². The molecule has 0 spiro atoms. The molecule has 9 heteroatoms. The maximum atomic E-state index is 11.8. The van der Waals surface area contributed by atoms with Crippen molar-refractivity contribution in [3.8, 4) is 0 Å². The average molecular weight is 493 g/mol. The number of ether oxygens (including phenoxy) is 1. The Bertz CT molecular complexity index is 602. The highest BCUT2D eigenvalue weighted by molar-refractivity contribution is 7.47. The molecule has 0 saturated heterocycles. The van der Waals surface area contributed by atoms with Crippen LogP contribution in [0.2, 0.25) is 0 Å². The van der Waals surface area contributed by atoms with Crippen molar-refractivity contribution >= 4 is 13.8 Å². The standard InChI is InChI=1S/C24H46NO7P/c1-5-6-7-8-9-10-11-12-13-14-15-16-17-18-24(27)30-21-23(26)22-32-33(28,29)31-20-19-25(2,3)4/h7-8,10-11,23,26H,5-6,9,12-22H2,1-4H3/p+1/b8-7-,11-10-. The lowest BCUT2D eigenvalue weighted by molar-refractivity contribution is -0.870. The van der Waals surface area contributed by atoms with Gasteiger partial charge in [-0.05, 0) is 32.1 Å². The van der Waals surface area contributed by atoms with Crippen molar-refractivity contribution in [3.05, 3.63) is 24.3 Å². The summed E-state index contributed by atoms with van der Waals surface area (Å²) in [6.07, 6.45) is 17.5. The first kappa shape index (κ1) is 32.0. The summed E-state index contributed by atoms with van der Waals surface area (Å²) in [4.78, 5) is 21.4. The number of quaternary nitrogens is 1. The molecule has 0 amide bonds. The number of allylic oxidation sites excluding steroid dienone is 4. The van der Waals surface area contributed by atoms with E-state index in [0.29, 0.717) is 17.4 Å². The Kier molecular flexibility index (Phi) is 18.7. The number of phosphoric acid groups is 1. The zero-order valence-electron chi connectivity index (χ0n) is 21.1. The lowest BCUT2D eigenvalue weighted by Crippen LogP contribution is -2.37. The van der Waals surface area contributed by atoms with Gasteiger partial charge in [-0.15, -0.1) is 0 Å². The molecule has 0 rings (SSSR count). The molecule has 0 radical (unpaired) electrons. The SMILES string of the molecule is CCC/C=C\C/C=C\CCCCCCCC(=O)OCC(O)COP(=O)(O)OCC[N+](C)(C)C. The van der Waals surface area contributed by atoms with Crippen LogP contribution in [0, 0.1) is 0 Å². The molecular formula is C24H47NO7P+. The van der Waals surface area contributed by atoms with Crippen LogP contribution in [-0.4, -0.2) is 74.1 Å². The Labute approximate surface area is 200 Å². The van der Waals surface area contributed by atoms with Crippen LogP contribution in [-0.2, 0) is 23.1 Å². The van der Waals surface area contributed by atoms with Crippen molar-refractivity contribution in [2.24, 2.45) is 0 Å². The average Bonchev–Trinajstić information content (AvgIpc) is 2.73. The van der Waals surface area contributed by atoms with Gasteiger partial charge in [0, 0.05) is 6.42 Å². The molecule has 2 unspecified atom stereocenters. The molecule has 0 heterocycles. The summed E-state index contributed by atoms with van der Waals surface area (Å²) >= 11 is 0. The van der Waals surface area contributed by atoms with Gasteiger partial charge in [-0.2, -0.15) is 0 Å². The topological polar surface area (TPSA) is 102 Å². The molecule has 0 saturated carbocycles. The van der Waals surface area contributed by atoms with E-state index in [1.54, 1.807) is 0 Å². The van der Waals surface area contributed by atoms with E-state index in [1.165, 1.54) is 6.42 Å². The molecule has 0 aromatic carbocycles. The minimum absolute atomic E-state index is 0.0514. The Morgan fingerprint density at radius 3 is 2.24 bits per heavy atom. The Hall–Kier alpha value is -1.02. The first-order valence-corrected chi connectivity index (χ1v) is 13.6. The van der Waals surface area contributed by atoms with Gasteiger partial charge in [0.05, 0.1) is 27.7 Å². The molecule has 2 atom stereocenters. The van der Waals surface area contributed by atoms with Crippen LogP contribution in [0.25, 0.3) is 0 Å². The van der Waals surface area contributed by atoms with Crippen LogP contribution < -0.4 is 0 Å². The van der Waals surface area contributed by atoms with Gasteiger partial charge in [-0.25, -0.2) is 4.57 Å². The van der Waals surface area contributed by atoms with Gasteiger partial charge in [-0.1, -0.05) is 56.9 Å². The molecule has 0 aromatic heterocycles. The number of nitrogens with zero attached hydrogens (tertiary/aromatic N) is 1. The second-order valence-electron chi connectivity index (χ2n) is 9.22. The van der Waals surface area contributed by atoms with Crippen LogP contribution in [0.4, 0.5) is 0 Å². The van der Waals surface area contributed by atoms with Gasteiger partial charge in [0.2, 0.25) is 0 Å². The normalized spacial score (nSPS) is 15.2. The number of likely N-dealkylation sites (N-methyl/N-ethyl adjacent to an activating group) is 1. The third kappa shape index (κ3) is 23.9. The molecule has 0 aliphatic heterocycles. The number of carbonyl (C=O) groups is 1. The van der Waals surface area contributed by atoms with Crippen LogP contribution in [0.15, 0.2) is 24.3 Å². The summed E-state index contributed by atoms with van der Waals surface area (Å²) in [7, 11) is 1.55. The van der Waals surface area contributed by atoms with Crippen molar-refractivity contribution in [2.45, 2.75) is 77.2 Å². The minimum Gasteiger partial charge on any atom is -0.463 e. The van der Waals surface area contributed by atoms with E-state index in [0.717, 1.165) is 51.4 Å². The minimum atomic E-state index is -4.24. The predicted molar refractivity (Wildman–Crippen MR) is 132 cm³/mol. The monoisotopic (exact) mass is 492 g/mol. The van der Waals surface area contributed by atoms with E-state index in [4.69, 9.17) is 13.8 Å². The van der Waals surface area contributed by atoms with Crippen molar-refractivity contribution in [2.75, 3.05) is 47.5 Å². The summed E-state index contributed by atoms with van der Waals surface area (Å²) in [5.74, 6) is -0.389. The summed E-state index contributed by atoms with van der Waals surface area (Å²) < 4.78 is 27.0. The maximum Gasteiger partial charge on any atom is 0.472 e. The molecule has 0 bridgehead atoms. The summed E-state index contributed by atoms with van der Waals surface area (Å²) in [5.41, 5.74) is 0.